The molecular formula is C18H18N2O4. The van der Waals surface area contributed by atoms with E-state index in [0.717, 1.165) is 0 Å². The lowest BCUT2D eigenvalue weighted by Gasteiger charge is -2.24. The summed E-state index contributed by atoms with van der Waals surface area (Å²) in [5, 5.41) is 21.3. The fourth-order valence-corrected chi connectivity index (χ4v) is 3.71. The summed E-state index contributed by atoms with van der Waals surface area (Å²) in [6, 6.07) is 6.81. The molecule has 0 aliphatic heterocycles. The Morgan fingerprint density at radius 2 is 2.04 bits per heavy atom. The number of aliphatic carboxylic acids is 1. The van der Waals surface area contributed by atoms with Gasteiger partial charge in [-0.1, -0.05) is 12.2 Å². The average Bonchev–Trinajstić information content (AvgIpc) is 3.17. The first-order valence-electron chi connectivity index (χ1n) is 7.94. The first kappa shape index (κ1) is 16.1. The van der Waals surface area contributed by atoms with Gasteiger partial charge >= 0.3 is 5.97 Å². The summed E-state index contributed by atoms with van der Waals surface area (Å²) in [6.07, 6.45) is 4.53. The van der Waals surface area contributed by atoms with Crippen molar-refractivity contribution in [1.82, 2.24) is 0 Å². The molecule has 1 amide bonds. The number of hydrogen-bond donors (Lipinski definition) is 2. The van der Waals surface area contributed by atoms with Gasteiger partial charge in [0.05, 0.1) is 35.8 Å². The molecule has 24 heavy (non-hydrogen) atoms. The van der Waals surface area contributed by atoms with E-state index >= 15 is 0 Å². The highest BCUT2D eigenvalue weighted by atomic mass is 16.5. The monoisotopic (exact) mass is 326 g/mol. The normalized spacial score (nSPS) is 26.8. The quantitative estimate of drug-likeness (QED) is 0.810. The summed E-state index contributed by atoms with van der Waals surface area (Å²) in [6.45, 7) is 2.24. The van der Waals surface area contributed by atoms with Gasteiger partial charge in [0.2, 0.25) is 5.91 Å². The number of allylic oxidation sites excluding steroid dienone is 2. The Balaban J connectivity index is 1.86. The number of benzene rings is 1. The molecule has 2 bridgehead atoms. The van der Waals surface area contributed by atoms with Crippen LogP contribution in [0.2, 0.25) is 0 Å². The fraction of sp³-hybridized carbons (Fsp3) is 0.389. The van der Waals surface area contributed by atoms with E-state index in [4.69, 9.17) is 10.00 Å². The first-order chi connectivity index (χ1) is 11.5. The number of rotatable bonds is 5. The number of carbonyl (C=O) groups is 2. The van der Waals surface area contributed by atoms with Crippen molar-refractivity contribution in [2.75, 3.05) is 11.9 Å². The van der Waals surface area contributed by atoms with Gasteiger partial charge in [-0.2, -0.15) is 5.26 Å². The third kappa shape index (κ3) is 2.73. The maximum absolute atomic E-state index is 12.7. The molecule has 1 saturated carbocycles. The van der Waals surface area contributed by atoms with Crippen LogP contribution >= 0.6 is 0 Å². The Morgan fingerprint density at radius 1 is 1.33 bits per heavy atom. The summed E-state index contributed by atoms with van der Waals surface area (Å²) in [4.78, 5) is 24.3. The first-order valence-corrected chi connectivity index (χ1v) is 7.94. The van der Waals surface area contributed by atoms with E-state index < -0.39 is 17.8 Å². The van der Waals surface area contributed by atoms with Crippen LogP contribution in [-0.2, 0) is 9.59 Å². The summed E-state index contributed by atoms with van der Waals surface area (Å²) in [5.74, 6) is -2.24. The van der Waals surface area contributed by atoms with Crippen LogP contribution in [0.5, 0.6) is 5.75 Å². The summed E-state index contributed by atoms with van der Waals surface area (Å²) >= 11 is 0. The van der Waals surface area contributed by atoms with Crippen LogP contribution in [0.3, 0.4) is 0 Å². The highest BCUT2D eigenvalue weighted by Gasteiger charge is 2.51. The number of carboxylic acid groups (broad SMARTS) is 1. The largest absolute Gasteiger partial charge is 0.492 e. The zero-order chi connectivity index (χ0) is 17.3. The smallest absolute Gasteiger partial charge is 0.307 e. The van der Waals surface area contributed by atoms with Crippen molar-refractivity contribution in [3.8, 4) is 11.8 Å². The molecule has 2 aliphatic carbocycles. The van der Waals surface area contributed by atoms with Gasteiger partial charge in [0.25, 0.3) is 0 Å². The minimum Gasteiger partial charge on any atom is -0.492 e. The van der Waals surface area contributed by atoms with Crippen LogP contribution in [-0.4, -0.2) is 23.6 Å². The van der Waals surface area contributed by atoms with E-state index in [2.05, 4.69) is 5.32 Å². The molecule has 4 atom stereocenters. The molecule has 1 aromatic carbocycles. The van der Waals surface area contributed by atoms with Crippen molar-refractivity contribution < 1.29 is 19.4 Å². The standard InChI is InChI=1S/C18H18N2O4/c1-2-24-14-6-3-10(9-19)7-13(14)20-17(21)15-11-4-5-12(8-11)16(15)18(22)23/h3-7,11-12,15-16H,2,8H2,1H3,(H,20,21)(H,22,23)/t11-,12-,15-,16+/m0/s1. The number of nitriles is 1. The Hall–Kier alpha value is -2.81. The highest BCUT2D eigenvalue weighted by Crippen LogP contribution is 2.48. The number of nitrogens with zero attached hydrogens (tertiary/aromatic N) is 1. The SMILES string of the molecule is CCOc1ccc(C#N)cc1NC(=O)[C@@H]1[C@H](C(=O)O)[C@H]2C=C[C@H]1C2. The van der Waals surface area contributed by atoms with Crippen molar-refractivity contribution in [3.05, 3.63) is 35.9 Å². The van der Waals surface area contributed by atoms with Gasteiger partial charge in [-0.05, 0) is 43.4 Å². The van der Waals surface area contributed by atoms with Crippen molar-refractivity contribution in [3.63, 3.8) is 0 Å². The van der Waals surface area contributed by atoms with Gasteiger partial charge < -0.3 is 15.2 Å². The van der Waals surface area contributed by atoms with E-state index in [9.17, 15) is 14.7 Å². The molecule has 2 aliphatic rings. The summed E-state index contributed by atoms with van der Waals surface area (Å²) < 4.78 is 5.48. The molecule has 0 radical (unpaired) electrons. The van der Waals surface area contributed by atoms with Crippen molar-refractivity contribution in [2.24, 2.45) is 23.7 Å². The van der Waals surface area contributed by atoms with Gasteiger partial charge in [-0.3, -0.25) is 9.59 Å². The highest BCUT2D eigenvalue weighted by molar-refractivity contribution is 5.97. The number of hydrogen-bond acceptors (Lipinski definition) is 4. The molecule has 2 N–H and O–H groups in total. The van der Waals surface area contributed by atoms with E-state index in [1.165, 1.54) is 0 Å². The number of fused-ring (bicyclic) bond motifs is 2. The van der Waals surface area contributed by atoms with Gasteiger partial charge in [-0.25, -0.2) is 0 Å². The number of carboxylic acids is 1. The Kier molecular flexibility index (Phi) is 4.26. The van der Waals surface area contributed by atoms with Crippen molar-refractivity contribution in [1.29, 1.82) is 5.26 Å². The Morgan fingerprint density at radius 3 is 2.67 bits per heavy atom. The van der Waals surface area contributed by atoms with Crippen LogP contribution in [0, 0.1) is 35.0 Å². The summed E-state index contributed by atoms with van der Waals surface area (Å²) in [5.41, 5.74) is 0.799. The lowest BCUT2D eigenvalue weighted by atomic mass is 9.82. The van der Waals surface area contributed by atoms with Crippen molar-refractivity contribution >= 4 is 17.6 Å². The van der Waals surface area contributed by atoms with E-state index in [1.54, 1.807) is 18.2 Å². The van der Waals surface area contributed by atoms with Crippen molar-refractivity contribution in [2.45, 2.75) is 13.3 Å². The second kappa shape index (κ2) is 6.36. The number of amides is 1. The maximum Gasteiger partial charge on any atom is 0.307 e. The predicted octanol–water partition coefficient (Wildman–Crippen LogP) is 2.42. The van der Waals surface area contributed by atoms with E-state index in [0.29, 0.717) is 30.0 Å². The molecule has 0 spiro atoms. The number of carbonyl (C=O) groups excluding carboxylic acids is 1. The van der Waals surface area contributed by atoms with Gasteiger partial charge in [-0.15, -0.1) is 0 Å². The topological polar surface area (TPSA) is 99.4 Å². The maximum atomic E-state index is 12.7. The molecule has 0 aromatic heterocycles. The van der Waals surface area contributed by atoms with E-state index in [1.807, 2.05) is 25.1 Å². The second-order valence-electron chi connectivity index (χ2n) is 6.08. The third-order valence-corrected chi connectivity index (χ3v) is 4.71. The summed E-state index contributed by atoms with van der Waals surface area (Å²) in [7, 11) is 0. The second-order valence-corrected chi connectivity index (χ2v) is 6.08. The van der Waals surface area contributed by atoms with Crippen LogP contribution in [0.15, 0.2) is 30.4 Å². The molecular weight excluding hydrogens is 308 g/mol. The average molecular weight is 326 g/mol. The van der Waals surface area contributed by atoms with Crippen LogP contribution in [0.4, 0.5) is 5.69 Å². The molecule has 1 fully saturated rings. The molecule has 0 saturated heterocycles. The molecule has 1 aromatic rings. The van der Waals surface area contributed by atoms with E-state index in [-0.39, 0.29) is 17.7 Å². The lowest BCUT2D eigenvalue weighted by Crippen LogP contribution is -2.36. The van der Waals surface area contributed by atoms with Crippen LogP contribution in [0.25, 0.3) is 0 Å². The molecule has 6 heteroatoms. The van der Waals surface area contributed by atoms with Gasteiger partial charge in [0.15, 0.2) is 0 Å². The Labute approximate surface area is 139 Å². The minimum absolute atomic E-state index is 0.0502. The number of ether oxygens (including phenoxy) is 1. The van der Waals surface area contributed by atoms with Crippen LogP contribution in [0.1, 0.15) is 18.9 Å². The fourth-order valence-electron chi connectivity index (χ4n) is 3.71. The third-order valence-electron chi connectivity index (χ3n) is 4.71. The minimum atomic E-state index is -0.942. The number of anilines is 1. The zero-order valence-corrected chi connectivity index (χ0v) is 13.2. The van der Waals surface area contributed by atoms with Gasteiger partial charge in [0, 0.05) is 0 Å². The molecule has 124 valence electrons. The molecule has 0 unspecified atom stereocenters. The zero-order valence-electron chi connectivity index (χ0n) is 13.2. The number of nitrogens with one attached hydrogen (secondary N) is 1. The molecule has 6 nitrogen and oxygen atoms in total. The Bertz CT molecular complexity index is 750. The van der Waals surface area contributed by atoms with Gasteiger partial charge in [0.1, 0.15) is 5.75 Å². The predicted molar refractivity (Wildman–Crippen MR) is 86.3 cm³/mol. The molecule has 3 rings (SSSR count). The molecule has 0 heterocycles. The lowest BCUT2D eigenvalue weighted by molar-refractivity contribution is -0.146. The van der Waals surface area contributed by atoms with Crippen LogP contribution < -0.4 is 10.1 Å².